The number of nitrogens with zero attached hydrogens (tertiary/aromatic N) is 4. The lowest BCUT2D eigenvalue weighted by atomic mass is 9.71. The minimum absolute atomic E-state index is 0.125. The van der Waals surface area contributed by atoms with Gasteiger partial charge in [-0.15, -0.1) is 0 Å². The Morgan fingerprint density at radius 3 is 2.93 bits per heavy atom. The van der Waals surface area contributed by atoms with Crippen LogP contribution in [0, 0.1) is 17.7 Å². The van der Waals surface area contributed by atoms with Gasteiger partial charge in [0.2, 0.25) is 5.89 Å². The van der Waals surface area contributed by atoms with Crippen molar-refractivity contribution in [1.82, 2.24) is 19.9 Å². The summed E-state index contributed by atoms with van der Waals surface area (Å²) in [5, 5.41) is 4.17. The van der Waals surface area contributed by atoms with Gasteiger partial charge in [0.15, 0.2) is 5.82 Å². The van der Waals surface area contributed by atoms with E-state index < -0.39 is 0 Å². The van der Waals surface area contributed by atoms with Crippen molar-refractivity contribution < 1.29 is 8.91 Å². The van der Waals surface area contributed by atoms with Gasteiger partial charge in [-0.05, 0) is 61.8 Å². The van der Waals surface area contributed by atoms with E-state index in [9.17, 15) is 4.39 Å². The number of aromatic nitrogens is 2. The van der Waals surface area contributed by atoms with E-state index in [1.54, 1.807) is 12.1 Å². The summed E-state index contributed by atoms with van der Waals surface area (Å²) in [4.78, 5) is 9.84. The Morgan fingerprint density at radius 1 is 1.21 bits per heavy atom. The molecule has 2 aromatic rings. The Labute approximate surface area is 172 Å². The van der Waals surface area contributed by atoms with Crippen LogP contribution < -0.4 is 0 Å². The van der Waals surface area contributed by atoms with E-state index in [4.69, 9.17) is 4.52 Å². The molecule has 1 aromatic heterocycles. The monoisotopic (exact) mass is 398 g/mol. The molecule has 5 rings (SSSR count). The minimum atomic E-state index is -0.125. The highest BCUT2D eigenvalue weighted by Gasteiger charge is 2.47. The lowest BCUT2D eigenvalue weighted by Gasteiger charge is -2.57. The van der Waals surface area contributed by atoms with Crippen LogP contribution in [0.5, 0.6) is 0 Å². The minimum Gasteiger partial charge on any atom is -0.339 e. The molecular formula is C23H31FN4O. The molecular weight excluding hydrogens is 367 g/mol. The SMILES string of the molecule is CCc1nc(CN2C[C@H]3C[C@@H](C2)[C@H](Cc2cccc(F)c2)N2CCCC[C@@H]32)no1. The van der Waals surface area contributed by atoms with E-state index in [-0.39, 0.29) is 5.82 Å². The molecule has 0 N–H and O–H groups in total. The number of piperidine rings is 3. The van der Waals surface area contributed by atoms with Crippen LogP contribution in [0.15, 0.2) is 28.8 Å². The normalized spacial score (nSPS) is 30.3. The van der Waals surface area contributed by atoms with Crippen LogP contribution >= 0.6 is 0 Å². The lowest BCUT2D eigenvalue weighted by molar-refractivity contribution is -0.0734. The van der Waals surface area contributed by atoms with E-state index in [2.05, 4.69) is 26.0 Å². The second-order valence-electron chi connectivity index (χ2n) is 9.11. The number of aryl methyl sites for hydroxylation is 1. The number of fused-ring (bicyclic) bond motifs is 4. The van der Waals surface area contributed by atoms with Crippen LogP contribution in [0.3, 0.4) is 0 Å². The molecule has 4 atom stereocenters. The smallest absolute Gasteiger partial charge is 0.226 e. The van der Waals surface area contributed by atoms with Gasteiger partial charge in [-0.2, -0.15) is 4.98 Å². The number of halogens is 1. The van der Waals surface area contributed by atoms with Crippen molar-refractivity contribution in [3.05, 3.63) is 47.4 Å². The first-order valence-corrected chi connectivity index (χ1v) is 11.2. The molecule has 3 aliphatic heterocycles. The van der Waals surface area contributed by atoms with E-state index in [0.717, 1.165) is 55.7 Å². The molecule has 3 fully saturated rings. The average Bonchev–Trinajstić information content (AvgIpc) is 3.19. The van der Waals surface area contributed by atoms with Crippen molar-refractivity contribution in [2.75, 3.05) is 19.6 Å². The molecule has 0 unspecified atom stereocenters. The van der Waals surface area contributed by atoms with E-state index in [1.165, 1.54) is 32.2 Å². The van der Waals surface area contributed by atoms with Crippen LogP contribution in [0.2, 0.25) is 0 Å². The first kappa shape index (κ1) is 19.2. The maximum absolute atomic E-state index is 13.8. The zero-order chi connectivity index (χ0) is 19.8. The first-order chi connectivity index (χ1) is 14.2. The summed E-state index contributed by atoms with van der Waals surface area (Å²) in [6, 6.07) is 8.36. The molecule has 0 aliphatic carbocycles. The Balaban J connectivity index is 1.36. The number of hydrogen-bond acceptors (Lipinski definition) is 5. The fourth-order valence-electron chi connectivity index (χ4n) is 6.02. The van der Waals surface area contributed by atoms with Crippen molar-refractivity contribution in [3.8, 4) is 0 Å². The van der Waals surface area contributed by atoms with Gasteiger partial charge in [-0.25, -0.2) is 4.39 Å². The summed E-state index contributed by atoms with van der Waals surface area (Å²) in [6.07, 6.45) is 6.95. The Bertz CT molecular complexity index is 840. The predicted octanol–water partition coefficient (Wildman–Crippen LogP) is 3.69. The molecule has 1 aromatic carbocycles. The Hall–Kier alpha value is -1.79. The van der Waals surface area contributed by atoms with Gasteiger partial charge < -0.3 is 4.52 Å². The molecule has 3 aliphatic rings. The molecule has 2 bridgehead atoms. The van der Waals surface area contributed by atoms with Crippen LogP contribution in [0.1, 0.15) is 49.9 Å². The quantitative estimate of drug-likeness (QED) is 0.769. The van der Waals surface area contributed by atoms with Gasteiger partial charge in [0.1, 0.15) is 5.82 Å². The average molecular weight is 399 g/mol. The van der Waals surface area contributed by atoms with Crippen LogP contribution in [0.25, 0.3) is 0 Å². The highest BCUT2D eigenvalue weighted by molar-refractivity contribution is 5.19. The third kappa shape index (κ3) is 3.97. The standard InChI is InChI=1S/C23H31FN4O/c1-2-23-25-22(26-29-23)15-27-13-17-12-18(14-27)21(28-9-4-3-8-20(17)28)11-16-6-5-7-19(24)10-16/h5-7,10,17-18,20-21H,2-4,8-9,11-15H2,1H3/t17-,18+,20+,21+/m1/s1. The van der Waals surface area contributed by atoms with Crippen LogP contribution in [0.4, 0.5) is 4.39 Å². The molecule has 0 amide bonds. The van der Waals surface area contributed by atoms with Gasteiger partial charge in [-0.1, -0.05) is 30.6 Å². The summed E-state index contributed by atoms with van der Waals surface area (Å²) < 4.78 is 19.1. The van der Waals surface area contributed by atoms with E-state index in [0.29, 0.717) is 18.0 Å². The number of rotatable bonds is 5. The zero-order valence-corrected chi connectivity index (χ0v) is 17.3. The molecule has 156 valence electrons. The second-order valence-corrected chi connectivity index (χ2v) is 9.11. The maximum Gasteiger partial charge on any atom is 0.226 e. The van der Waals surface area contributed by atoms with E-state index in [1.807, 2.05) is 13.0 Å². The third-order valence-corrected chi connectivity index (χ3v) is 7.21. The van der Waals surface area contributed by atoms with Crippen LogP contribution in [-0.2, 0) is 19.4 Å². The maximum atomic E-state index is 13.8. The molecule has 6 heteroatoms. The fourth-order valence-corrected chi connectivity index (χ4v) is 6.02. The fraction of sp³-hybridized carbons (Fsp3) is 0.652. The molecule has 0 saturated carbocycles. The van der Waals surface area contributed by atoms with E-state index >= 15 is 0 Å². The predicted molar refractivity (Wildman–Crippen MR) is 109 cm³/mol. The molecule has 3 saturated heterocycles. The Kier molecular flexibility index (Phi) is 5.39. The highest BCUT2D eigenvalue weighted by Crippen LogP contribution is 2.42. The van der Waals surface area contributed by atoms with Gasteiger partial charge >= 0.3 is 0 Å². The molecule has 4 heterocycles. The van der Waals surface area contributed by atoms with Crippen molar-refractivity contribution in [3.63, 3.8) is 0 Å². The van der Waals surface area contributed by atoms with Gasteiger partial charge in [-0.3, -0.25) is 9.80 Å². The van der Waals surface area contributed by atoms with Gasteiger partial charge in [0.25, 0.3) is 0 Å². The second kappa shape index (κ2) is 8.15. The van der Waals surface area contributed by atoms with Gasteiger partial charge in [0.05, 0.1) is 6.54 Å². The zero-order valence-electron chi connectivity index (χ0n) is 17.3. The summed E-state index contributed by atoms with van der Waals surface area (Å²) >= 11 is 0. The Morgan fingerprint density at radius 2 is 2.10 bits per heavy atom. The molecule has 0 radical (unpaired) electrons. The third-order valence-electron chi connectivity index (χ3n) is 7.21. The number of likely N-dealkylation sites (tertiary alicyclic amines) is 1. The summed E-state index contributed by atoms with van der Waals surface area (Å²) in [7, 11) is 0. The number of benzene rings is 1. The van der Waals surface area contributed by atoms with Crippen LogP contribution in [-0.4, -0.2) is 51.7 Å². The lowest BCUT2D eigenvalue weighted by Crippen LogP contribution is -2.63. The molecule has 0 spiro atoms. The topological polar surface area (TPSA) is 45.4 Å². The largest absolute Gasteiger partial charge is 0.339 e. The molecule has 29 heavy (non-hydrogen) atoms. The summed E-state index contributed by atoms with van der Waals surface area (Å²) in [6.45, 7) is 6.20. The number of hydrogen-bond donors (Lipinski definition) is 0. The van der Waals surface area contributed by atoms with Crippen molar-refractivity contribution >= 4 is 0 Å². The van der Waals surface area contributed by atoms with Crippen molar-refractivity contribution in [1.29, 1.82) is 0 Å². The molecule has 5 nitrogen and oxygen atoms in total. The van der Waals surface area contributed by atoms with Crippen molar-refractivity contribution in [2.24, 2.45) is 11.8 Å². The summed E-state index contributed by atoms with van der Waals surface area (Å²) in [5.74, 6) is 2.74. The highest BCUT2D eigenvalue weighted by atomic mass is 19.1. The first-order valence-electron chi connectivity index (χ1n) is 11.2. The van der Waals surface area contributed by atoms with Crippen molar-refractivity contribution in [2.45, 2.75) is 64.1 Å². The van der Waals surface area contributed by atoms with Gasteiger partial charge in [0, 0.05) is 31.6 Å². The summed E-state index contributed by atoms with van der Waals surface area (Å²) in [5.41, 5.74) is 1.13.